The van der Waals surface area contributed by atoms with Gasteiger partial charge in [-0.25, -0.2) is 4.98 Å². The van der Waals surface area contributed by atoms with Crippen LogP contribution in [0.1, 0.15) is 17.0 Å². The van der Waals surface area contributed by atoms with Gasteiger partial charge in [0.2, 0.25) is 0 Å². The highest BCUT2D eigenvalue weighted by Crippen LogP contribution is 2.26. The fourth-order valence-corrected chi connectivity index (χ4v) is 3.74. The summed E-state index contributed by atoms with van der Waals surface area (Å²) in [5.74, 6) is 1.31. The zero-order chi connectivity index (χ0) is 18.1. The average molecular weight is 363 g/mol. The van der Waals surface area contributed by atoms with Crippen molar-refractivity contribution in [2.75, 3.05) is 0 Å². The number of rotatable bonds is 4. The van der Waals surface area contributed by atoms with E-state index < -0.39 is 0 Å². The lowest BCUT2D eigenvalue weighted by molar-refractivity contribution is 0.391. The summed E-state index contributed by atoms with van der Waals surface area (Å²) < 4.78 is 6.97. The number of hydrogen-bond acceptors (Lipinski definition) is 5. The van der Waals surface area contributed by atoms with Gasteiger partial charge in [0.1, 0.15) is 5.76 Å². The first kappa shape index (κ1) is 16.6. The van der Waals surface area contributed by atoms with Crippen molar-refractivity contribution in [1.82, 2.24) is 14.7 Å². The smallest absolute Gasteiger partial charge is 0.266 e. The van der Waals surface area contributed by atoms with Crippen LogP contribution in [0.5, 0.6) is 0 Å². The van der Waals surface area contributed by atoms with Crippen molar-refractivity contribution < 1.29 is 4.52 Å². The lowest BCUT2D eigenvalue weighted by atomic mass is 10.2. The minimum Gasteiger partial charge on any atom is -0.360 e. The van der Waals surface area contributed by atoms with E-state index in [-0.39, 0.29) is 5.56 Å². The molecule has 0 saturated heterocycles. The van der Waals surface area contributed by atoms with Crippen molar-refractivity contribution in [3.8, 4) is 5.69 Å². The van der Waals surface area contributed by atoms with Gasteiger partial charge in [-0.05, 0) is 37.6 Å². The summed E-state index contributed by atoms with van der Waals surface area (Å²) in [6.45, 7) is 3.88. The van der Waals surface area contributed by atoms with Crippen LogP contribution >= 0.6 is 11.8 Å². The second-order valence-electron chi connectivity index (χ2n) is 6.06. The van der Waals surface area contributed by atoms with Gasteiger partial charge in [-0.1, -0.05) is 47.3 Å². The van der Waals surface area contributed by atoms with E-state index in [9.17, 15) is 4.79 Å². The summed E-state index contributed by atoms with van der Waals surface area (Å²) >= 11 is 1.46. The SMILES string of the molecule is Cc1cc(CSc2nc3ccccc3c(=O)n2-c2ccccc2C)on1. The molecule has 26 heavy (non-hydrogen) atoms. The summed E-state index contributed by atoms with van der Waals surface area (Å²) in [5, 5.41) is 5.16. The Morgan fingerprint density at radius 3 is 2.62 bits per heavy atom. The molecule has 2 heterocycles. The molecular formula is C20H17N3O2S. The van der Waals surface area contributed by atoms with Gasteiger partial charge < -0.3 is 4.52 Å². The Kier molecular flexibility index (Phi) is 4.34. The summed E-state index contributed by atoms with van der Waals surface area (Å²) in [4.78, 5) is 17.9. The molecule has 0 bridgehead atoms. The number of thioether (sulfide) groups is 1. The van der Waals surface area contributed by atoms with Crippen LogP contribution in [0.2, 0.25) is 0 Å². The standard InChI is InChI=1S/C20H17N3O2S/c1-13-7-3-6-10-18(13)23-19(24)16-8-4-5-9-17(16)21-20(23)26-12-15-11-14(2)22-25-15/h3-11H,12H2,1-2H3. The maximum Gasteiger partial charge on any atom is 0.266 e. The molecule has 0 fully saturated rings. The van der Waals surface area contributed by atoms with Gasteiger partial charge in [0, 0.05) is 6.07 Å². The van der Waals surface area contributed by atoms with Crippen LogP contribution in [-0.4, -0.2) is 14.7 Å². The number of hydrogen-bond donors (Lipinski definition) is 0. The van der Waals surface area contributed by atoms with E-state index in [1.54, 1.807) is 4.57 Å². The van der Waals surface area contributed by atoms with Gasteiger partial charge in [-0.2, -0.15) is 0 Å². The minimum absolute atomic E-state index is 0.0684. The highest BCUT2D eigenvalue weighted by molar-refractivity contribution is 7.98. The number of benzene rings is 2. The number of fused-ring (bicyclic) bond motifs is 1. The summed E-state index contributed by atoms with van der Waals surface area (Å²) in [6.07, 6.45) is 0. The lowest BCUT2D eigenvalue weighted by Gasteiger charge is -2.14. The molecule has 4 aromatic rings. The predicted octanol–water partition coefficient (Wildman–Crippen LogP) is 4.28. The summed E-state index contributed by atoms with van der Waals surface area (Å²) in [5.41, 5.74) is 3.32. The summed E-state index contributed by atoms with van der Waals surface area (Å²) in [7, 11) is 0. The van der Waals surface area contributed by atoms with Crippen molar-refractivity contribution in [2.24, 2.45) is 0 Å². The third kappa shape index (κ3) is 3.04. The van der Waals surface area contributed by atoms with Crippen LogP contribution in [0.3, 0.4) is 0 Å². The first-order valence-electron chi connectivity index (χ1n) is 8.26. The quantitative estimate of drug-likeness (QED) is 0.400. The summed E-state index contributed by atoms with van der Waals surface area (Å²) in [6, 6.07) is 17.1. The average Bonchev–Trinajstić information content (AvgIpc) is 3.06. The fourth-order valence-electron chi connectivity index (χ4n) is 2.86. The number of nitrogens with zero attached hydrogens (tertiary/aromatic N) is 3. The molecule has 0 aliphatic rings. The normalized spacial score (nSPS) is 11.2. The van der Waals surface area contributed by atoms with Crippen LogP contribution in [0, 0.1) is 13.8 Å². The van der Waals surface area contributed by atoms with E-state index in [0.29, 0.717) is 21.8 Å². The molecule has 0 N–H and O–H groups in total. The zero-order valence-electron chi connectivity index (χ0n) is 14.5. The Bertz CT molecular complexity index is 1150. The predicted molar refractivity (Wildman–Crippen MR) is 103 cm³/mol. The molecule has 0 aliphatic carbocycles. The Morgan fingerprint density at radius 2 is 1.85 bits per heavy atom. The third-order valence-electron chi connectivity index (χ3n) is 4.12. The van der Waals surface area contributed by atoms with Crippen LogP contribution in [0.4, 0.5) is 0 Å². The van der Waals surface area contributed by atoms with Crippen LogP contribution in [-0.2, 0) is 5.75 Å². The molecule has 4 rings (SSSR count). The zero-order valence-corrected chi connectivity index (χ0v) is 15.3. The molecule has 6 heteroatoms. The van der Waals surface area contributed by atoms with Gasteiger partial charge in [0.15, 0.2) is 5.16 Å². The Hall–Kier alpha value is -2.86. The van der Waals surface area contributed by atoms with E-state index >= 15 is 0 Å². The van der Waals surface area contributed by atoms with Crippen molar-refractivity contribution in [2.45, 2.75) is 24.8 Å². The van der Waals surface area contributed by atoms with Crippen LogP contribution in [0.15, 0.2) is 69.1 Å². The van der Waals surface area contributed by atoms with Crippen molar-refractivity contribution in [1.29, 1.82) is 0 Å². The third-order valence-corrected chi connectivity index (χ3v) is 5.08. The van der Waals surface area contributed by atoms with E-state index in [1.165, 1.54) is 11.8 Å². The maximum atomic E-state index is 13.2. The molecule has 0 saturated carbocycles. The van der Waals surface area contributed by atoms with E-state index in [4.69, 9.17) is 9.51 Å². The van der Waals surface area contributed by atoms with Crippen molar-refractivity contribution in [3.63, 3.8) is 0 Å². The minimum atomic E-state index is -0.0684. The van der Waals surface area contributed by atoms with Gasteiger partial charge in [-0.15, -0.1) is 0 Å². The largest absolute Gasteiger partial charge is 0.360 e. The molecule has 130 valence electrons. The van der Waals surface area contributed by atoms with Crippen LogP contribution in [0.25, 0.3) is 16.6 Å². The van der Waals surface area contributed by atoms with Crippen LogP contribution < -0.4 is 5.56 Å². The monoisotopic (exact) mass is 363 g/mol. The van der Waals surface area contributed by atoms with E-state index in [1.807, 2.05) is 68.4 Å². The van der Waals surface area contributed by atoms with Gasteiger partial charge >= 0.3 is 0 Å². The molecule has 2 aromatic carbocycles. The first-order chi connectivity index (χ1) is 12.6. The van der Waals surface area contributed by atoms with E-state index in [0.717, 1.165) is 22.7 Å². The Morgan fingerprint density at radius 1 is 1.08 bits per heavy atom. The van der Waals surface area contributed by atoms with Crippen molar-refractivity contribution in [3.05, 3.63) is 82.0 Å². The molecule has 0 aliphatic heterocycles. The molecule has 2 aromatic heterocycles. The first-order valence-corrected chi connectivity index (χ1v) is 9.25. The molecule has 0 atom stereocenters. The maximum absolute atomic E-state index is 13.2. The molecule has 0 radical (unpaired) electrons. The molecule has 0 unspecified atom stereocenters. The Balaban J connectivity index is 1.88. The van der Waals surface area contributed by atoms with Gasteiger partial charge in [0.25, 0.3) is 5.56 Å². The molecule has 5 nitrogen and oxygen atoms in total. The second-order valence-corrected chi connectivity index (χ2v) is 7.00. The molecule has 0 spiro atoms. The number of para-hydroxylation sites is 2. The fraction of sp³-hybridized carbons (Fsp3) is 0.150. The Labute approximate surface area is 154 Å². The number of aromatic nitrogens is 3. The highest BCUT2D eigenvalue weighted by Gasteiger charge is 2.15. The second kappa shape index (κ2) is 6.80. The highest BCUT2D eigenvalue weighted by atomic mass is 32.2. The topological polar surface area (TPSA) is 60.9 Å². The lowest BCUT2D eigenvalue weighted by Crippen LogP contribution is -2.22. The molecule has 0 amide bonds. The number of aryl methyl sites for hydroxylation is 2. The molecular weight excluding hydrogens is 346 g/mol. The van der Waals surface area contributed by atoms with Crippen molar-refractivity contribution >= 4 is 22.7 Å². The van der Waals surface area contributed by atoms with E-state index in [2.05, 4.69) is 5.16 Å². The van der Waals surface area contributed by atoms with Gasteiger partial charge in [-0.3, -0.25) is 9.36 Å². The van der Waals surface area contributed by atoms with Gasteiger partial charge in [0.05, 0.1) is 28.0 Å².